The quantitative estimate of drug-likeness (QED) is 0.0193. The summed E-state index contributed by atoms with van der Waals surface area (Å²) in [6.07, 6.45) is 21.3. The number of carboxylic acids is 2. The minimum Gasteiger partial charge on any atom is -1.00 e. The molecule has 24 N–H and O–H groups in total. The number of urea groups is 4. The second-order valence-electron chi connectivity index (χ2n) is 32.9. The van der Waals surface area contributed by atoms with Gasteiger partial charge in [-0.3, -0.25) is 33.6 Å². The molecule has 0 bridgehead atoms. The third kappa shape index (κ3) is 54.3. The maximum absolute atomic E-state index is 11.8. The number of rotatable bonds is 37. The molecule has 0 aromatic heterocycles. The number of ether oxygens (including phenoxy) is 2. The van der Waals surface area contributed by atoms with Crippen LogP contribution in [0.1, 0.15) is 246 Å². The predicted molar refractivity (Wildman–Crippen MR) is 519 cm³/mol. The van der Waals surface area contributed by atoms with Crippen LogP contribution in [0.4, 0.5) is 28.8 Å². The van der Waals surface area contributed by atoms with E-state index in [-0.39, 0.29) is 209 Å². The van der Waals surface area contributed by atoms with Gasteiger partial charge in [0.1, 0.15) is 24.0 Å². The summed E-state index contributed by atoms with van der Waals surface area (Å²) in [7, 11) is 6.49. The number of carbonyl (C=O) groups is 13. The zero-order chi connectivity index (χ0) is 95.0. The molecule has 41 heteroatoms. The van der Waals surface area contributed by atoms with Crippen LogP contribution in [0.3, 0.4) is 0 Å². The van der Waals surface area contributed by atoms with Crippen molar-refractivity contribution >= 4 is 102 Å². The summed E-state index contributed by atoms with van der Waals surface area (Å²) in [4.78, 5) is 150. The molecule has 3 unspecified atom stereocenters. The molecule has 0 saturated heterocycles. The van der Waals surface area contributed by atoms with Gasteiger partial charge in [-0.25, -0.2) is 50.5 Å². The average molecular weight is 1890 g/mol. The van der Waals surface area contributed by atoms with Gasteiger partial charge in [0, 0.05) is 114 Å². The molecule has 40 nitrogen and oxygen atoms in total. The fraction of sp³-hybridized carbons (Fsp3) is 0.681. The Morgan fingerprint density at radius 3 is 1.08 bits per heavy atom. The van der Waals surface area contributed by atoms with Crippen molar-refractivity contribution in [3.8, 4) is 11.1 Å². The predicted octanol–water partition coefficient (Wildman–Crippen LogP) is 6.57. The van der Waals surface area contributed by atoms with Gasteiger partial charge < -0.3 is 103 Å². The molecule has 2 aromatic carbocycles. The number of Topliss-reactive ketones (excluding diaryl/α,β-unsaturated/α-hetero) is 2. The number of nitrogens with one attached hydrogen (secondary N) is 16. The number of carboxylic acid groups (broad SMARTS) is 2. The van der Waals surface area contributed by atoms with Crippen LogP contribution in [0.25, 0.3) is 16.9 Å². The maximum atomic E-state index is 11.8. The first kappa shape index (κ1) is 129. The first-order valence-corrected chi connectivity index (χ1v) is 44.3. The van der Waals surface area contributed by atoms with Crippen molar-refractivity contribution in [3.63, 3.8) is 0 Å². The molecule has 748 valence electrons. The number of hydrogen-bond donors (Lipinski definition) is 20. The standard InChI is InChI=1S/C18H34N6O3.C18H33N6O3.C18H32N4O5.C18H17NO4.C14H27N5O2.CH5N.4CH4.K.H/c2*1-4-15(21-11-16(25)12(2)19)10-23-24-18(27)22-9-13-5-7-14(8-6-13)17(26)20-3;1-5-14(21-17(26)27-18(2,3)4)11-20-22-16(25)19-10-12-6-8-13(9-7-12)15(23)24;1-11(17(20)21)19-18(22)23-10-16-14-8-4-2-6-12(14)13-7-3-5-9-15(13)16;1-3-12(15)9-18-19-14(21)17-8-10-4-6-11(7-5-10)13(20)16-2;1-2;;;;;;/h10,12-15,21H,4-9,11,19H2,1-3H3,(H,20,26)(H2,22,24,27);10,12-15,19,21H,4-9,11H2,1-3H3,(H,20,26)(H2,22,24,27);11-14H,5-10H2,1-4H3,(H,21,26)(H,23,24)(H2,19,22,25);2-9,11,16H,10H2,1H3,(H,19,22)(H,20,21);9-12H,3-8,15H2,1-2H3,(H,16,20)(H2,17,19,21);2H2,1H3;4*1H4;;/q;-1;;;;;;;;;+1;-1/b2*23-10+;20-11+;;18-9+;;;;;;;/t2*12?,13?,14?,15-;12?,13?,14-;;10?,11?,12-;;;;;;;/m000.0......./s1/i;;;;;;;;;;;1+2. The van der Waals surface area contributed by atoms with Crippen LogP contribution in [0, 0.1) is 47.3 Å². The Kier molecular flexibility index (Phi) is 71.6. The fourth-order valence-electron chi connectivity index (χ4n) is 14.0. The summed E-state index contributed by atoms with van der Waals surface area (Å²) in [6, 6.07) is 11.6. The average Bonchev–Trinajstić information content (AvgIpc) is 1.61. The molecule has 0 aliphatic heterocycles. The fourth-order valence-corrected chi connectivity index (χ4v) is 14.0. The molecule has 7 rings (SSSR count). The Bertz CT molecular complexity index is 3680. The van der Waals surface area contributed by atoms with E-state index >= 15 is 0 Å². The minimum absolute atomic E-state index is 0. The Balaban J connectivity index is -0.000000506. The number of nitrogens with zero attached hydrogens (tertiary/aromatic N) is 4. The third-order valence-electron chi connectivity index (χ3n) is 22.1. The molecule has 5 aliphatic carbocycles. The number of fused-ring (bicyclic) bond motifs is 3. The summed E-state index contributed by atoms with van der Waals surface area (Å²) in [6.45, 7) is 20.3. The summed E-state index contributed by atoms with van der Waals surface area (Å²) in [5.41, 5.74) is 36.6. The van der Waals surface area contributed by atoms with Crippen LogP contribution in [0.15, 0.2) is 68.9 Å². The van der Waals surface area contributed by atoms with Gasteiger partial charge in [-0.2, -0.15) is 20.4 Å². The van der Waals surface area contributed by atoms with E-state index in [1.54, 1.807) is 61.3 Å². The van der Waals surface area contributed by atoms with E-state index in [2.05, 4.69) is 118 Å². The second kappa shape index (κ2) is 73.2. The van der Waals surface area contributed by atoms with Crippen LogP contribution in [0.5, 0.6) is 0 Å². The van der Waals surface area contributed by atoms with E-state index in [4.69, 9.17) is 36.9 Å². The summed E-state index contributed by atoms with van der Waals surface area (Å²) in [5.74, 6) is -0.260. The number of carbonyl (C=O) groups excluding carboxylic acids is 11. The van der Waals surface area contributed by atoms with Crippen molar-refractivity contribution in [2.75, 3.05) is 74.1 Å². The van der Waals surface area contributed by atoms with Crippen LogP contribution < -0.4 is 149 Å². The number of aliphatic carboxylic acids is 2. The Morgan fingerprint density at radius 2 is 0.788 bits per heavy atom. The van der Waals surface area contributed by atoms with E-state index in [1.165, 1.54) is 33.3 Å². The van der Waals surface area contributed by atoms with E-state index in [0.717, 1.165) is 125 Å². The van der Waals surface area contributed by atoms with Gasteiger partial charge in [0.15, 0.2) is 5.78 Å². The summed E-state index contributed by atoms with van der Waals surface area (Å²) in [5, 5.41) is 63.5. The van der Waals surface area contributed by atoms with E-state index in [9.17, 15) is 62.3 Å². The van der Waals surface area contributed by atoms with Crippen molar-refractivity contribution in [1.82, 2.24) is 80.2 Å². The maximum Gasteiger partial charge on any atom is 1.00 e. The molecule has 13 amide bonds. The molecule has 4 saturated carbocycles. The molecule has 4 fully saturated rings. The van der Waals surface area contributed by atoms with Crippen molar-refractivity contribution in [3.05, 3.63) is 65.4 Å². The molecular formula is C91H165KN23O17-. The number of nitrogens with two attached hydrogens (primary N) is 3. The van der Waals surface area contributed by atoms with Gasteiger partial charge in [-0.05, 0) is 216 Å². The van der Waals surface area contributed by atoms with Crippen LogP contribution >= 0.6 is 0 Å². The van der Waals surface area contributed by atoms with Crippen molar-refractivity contribution in [2.45, 2.75) is 281 Å². The van der Waals surface area contributed by atoms with Gasteiger partial charge in [0.25, 0.3) is 0 Å². The zero-order valence-electron chi connectivity index (χ0n) is 78.8. The van der Waals surface area contributed by atoms with Gasteiger partial charge in [-0.1, -0.05) is 119 Å². The topological polar surface area (TPSA) is 613 Å². The number of amides is 13. The van der Waals surface area contributed by atoms with E-state index in [0.29, 0.717) is 69.6 Å². The second-order valence-corrected chi connectivity index (χ2v) is 32.9. The number of benzene rings is 2. The SMILES string of the molecule is C.C.C.C.CC(NC(=O)OCC1c2ccccc2-c2ccccc21)C(=O)O.CC[C@@H](/C=N/NC(=O)NCC1CCC(C(=O)NC)CC1)NCC(=O)C(C)N.CC[C@@H](/C=N/NC(=O)NCC1CCC(C(=O)NC)CC1)NCC(=O)C(C)[NH-].CC[C@@H](/C=N/NC(=O)NCC1CCC(C(=O)O)CC1)NC(=O)OC(C)(C)C.CC[C@H](N)/C=N/NC(=O)NCC1CCC(C(=O)NC)CC1.CN.[3H-].[K+]. The number of alkyl carbamates (subject to hydrolysis) is 2. The number of ketones is 2. The Morgan fingerprint density at radius 1 is 0.470 bits per heavy atom. The number of hydrogen-bond acceptors (Lipinski definition) is 24. The molecule has 132 heavy (non-hydrogen) atoms. The summed E-state index contributed by atoms with van der Waals surface area (Å²) < 4.78 is 10.4. The molecule has 0 spiro atoms. The Labute approximate surface area is 828 Å². The van der Waals surface area contributed by atoms with Crippen molar-refractivity contribution in [2.24, 2.45) is 84.9 Å². The van der Waals surface area contributed by atoms with Crippen LogP contribution in [-0.2, 0) is 43.0 Å². The normalized spacial score (nSPS) is 19.6. The largest absolute Gasteiger partial charge is 1.00 e. The molecule has 5 aliphatic rings. The third-order valence-corrected chi connectivity index (χ3v) is 22.1. The smallest absolute Gasteiger partial charge is 1.00 e. The minimum atomic E-state index is -1.10. The monoisotopic (exact) mass is 1890 g/mol. The molecule has 2 aromatic rings. The van der Waals surface area contributed by atoms with Gasteiger partial charge in [0.2, 0.25) is 17.7 Å². The first-order valence-electron chi connectivity index (χ1n) is 44.3. The van der Waals surface area contributed by atoms with Crippen molar-refractivity contribution in [1.29, 1.82) is 0 Å². The van der Waals surface area contributed by atoms with Gasteiger partial charge in [0.05, 0.1) is 31.1 Å². The van der Waals surface area contributed by atoms with E-state index < -0.39 is 53.9 Å². The van der Waals surface area contributed by atoms with Gasteiger partial charge in [-0.15, -0.1) is 0 Å². The van der Waals surface area contributed by atoms with Crippen molar-refractivity contribution < 1.29 is 135 Å². The molecule has 7 atom stereocenters. The Hall–Kier alpha value is -9.17. The molecular weight excluding hydrogens is 1730 g/mol. The van der Waals surface area contributed by atoms with Crippen LogP contribution in [0.2, 0.25) is 0 Å². The van der Waals surface area contributed by atoms with Crippen LogP contribution in [-0.4, -0.2) is 235 Å². The molecule has 0 radical (unpaired) electrons. The molecule has 0 heterocycles. The summed E-state index contributed by atoms with van der Waals surface area (Å²) >= 11 is 0. The van der Waals surface area contributed by atoms with E-state index in [1.807, 2.05) is 64.1 Å². The number of hydrazone groups is 4. The zero-order valence-corrected chi connectivity index (χ0v) is 80.9. The van der Waals surface area contributed by atoms with Gasteiger partial charge >= 0.3 is 99.6 Å². The first-order chi connectivity index (χ1) is 60.5.